The van der Waals surface area contributed by atoms with Crippen LogP contribution in [0.5, 0.6) is 0 Å². The van der Waals surface area contributed by atoms with Gasteiger partial charge in [0.05, 0.1) is 10.6 Å². The van der Waals surface area contributed by atoms with Gasteiger partial charge in [-0.1, -0.05) is 0 Å². The third-order valence-electron chi connectivity index (χ3n) is 4.18. The summed E-state index contributed by atoms with van der Waals surface area (Å²) in [5.41, 5.74) is 1.90. The largest absolute Gasteiger partial charge is 0.324 e. The van der Waals surface area contributed by atoms with Crippen LogP contribution in [0.1, 0.15) is 30.6 Å². The molecular weight excluding hydrogens is 344 g/mol. The highest BCUT2D eigenvalue weighted by Gasteiger charge is 2.21. The number of aromatic nitrogens is 2. The summed E-state index contributed by atoms with van der Waals surface area (Å²) in [6, 6.07) is 6.22. The Bertz CT molecular complexity index is 980. The summed E-state index contributed by atoms with van der Waals surface area (Å²) in [6.07, 6.45) is 2.61. The number of rotatable bonds is 4. The van der Waals surface area contributed by atoms with Gasteiger partial charge in [-0.25, -0.2) is 18.2 Å². The van der Waals surface area contributed by atoms with Gasteiger partial charge >= 0.3 is 0 Å². The van der Waals surface area contributed by atoms with Crippen LogP contribution in [-0.4, -0.2) is 24.1 Å². The molecule has 3 N–H and O–H groups in total. The van der Waals surface area contributed by atoms with Crippen LogP contribution in [-0.2, 0) is 27.7 Å². The molecule has 1 aromatic carbocycles. The Kier molecular flexibility index (Phi) is 4.44. The van der Waals surface area contributed by atoms with E-state index in [1.54, 1.807) is 13.0 Å². The van der Waals surface area contributed by atoms with Crippen LogP contribution in [0.4, 0.5) is 5.69 Å². The smallest absolute Gasteiger partial charge is 0.267 e. The number of anilines is 1. The van der Waals surface area contributed by atoms with E-state index in [9.17, 15) is 18.0 Å². The Morgan fingerprint density at radius 1 is 1.28 bits per heavy atom. The van der Waals surface area contributed by atoms with Crippen molar-refractivity contribution in [2.45, 2.75) is 37.1 Å². The van der Waals surface area contributed by atoms with Crippen molar-refractivity contribution in [2.75, 3.05) is 5.32 Å². The predicted octanol–water partition coefficient (Wildman–Crippen LogP) is 0.579. The molecule has 9 heteroatoms. The van der Waals surface area contributed by atoms with E-state index in [-0.39, 0.29) is 10.5 Å². The van der Waals surface area contributed by atoms with E-state index in [1.807, 2.05) is 0 Å². The first kappa shape index (κ1) is 17.3. The second-order valence-corrected chi connectivity index (χ2v) is 7.55. The molecule has 0 bridgehead atoms. The molecule has 0 saturated carbocycles. The summed E-state index contributed by atoms with van der Waals surface area (Å²) in [6.45, 7) is 1.59. The van der Waals surface area contributed by atoms with Crippen molar-refractivity contribution in [3.8, 4) is 0 Å². The fourth-order valence-corrected chi connectivity index (χ4v) is 3.29. The van der Waals surface area contributed by atoms with Crippen LogP contribution in [0.15, 0.2) is 40.0 Å². The van der Waals surface area contributed by atoms with Crippen molar-refractivity contribution in [1.82, 2.24) is 9.78 Å². The summed E-state index contributed by atoms with van der Waals surface area (Å²) in [7, 11) is -3.79. The van der Waals surface area contributed by atoms with Crippen LogP contribution in [0.2, 0.25) is 0 Å². The predicted molar refractivity (Wildman–Crippen MR) is 91.7 cm³/mol. The second-order valence-electron chi connectivity index (χ2n) is 5.99. The summed E-state index contributed by atoms with van der Waals surface area (Å²) < 4.78 is 23.6. The normalized spacial score (nSPS) is 14.8. The lowest BCUT2D eigenvalue weighted by molar-refractivity contribution is -0.119. The van der Waals surface area contributed by atoms with E-state index in [0.717, 1.165) is 30.5 Å². The number of amides is 1. The van der Waals surface area contributed by atoms with E-state index < -0.39 is 22.0 Å². The molecule has 2 aromatic rings. The number of nitrogens with zero attached hydrogens (tertiary/aromatic N) is 2. The third kappa shape index (κ3) is 3.62. The highest BCUT2D eigenvalue weighted by Crippen LogP contribution is 2.19. The molecule has 1 unspecified atom stereocenters. The van der Waals surface area contributed by atoms with Gasteiger partial charge in [-0.05, 0) is 56.0 Å². The number of primary sulfonamides is 1. The van der Waals surface area contributed by atoms with Crippen molar-refractivity contribution in [3.63, 3.8) is 0 Å². The number of carbonyl (C=O) groups is 1. The first-order valence-electron chi connectivity index (χ1n) is 7.81. The Hall–Kier alpha value is -2.52. The van der Waals surface area contributed by atoms with Crippen LogP contribution in [0, 0.1) is 0 Å². The second kappa shape index (κ2) is 6.41. The average Bonchev–Trinajstić information content (AvgIpc) is 3.00. The average molecular weight is 362 g/mol. The van der Waals surface area contributed by atoms with Gasteiger partial charge < -0.3 is 5.32 Å². The van der Waals surface area contributed by atoms with Crippen LogP contribution in [0.25, 0.3) is 0 Å². The number of nitrogens with two attached hydrogens (primary N) is 1. The number of aryl methyl sites for hydroxylation is 2. The number of benzene rings is 1. The zero-order valence-electron chi connectivity index (χ0n) is 13.6. The molecule has 1 heterocycles. The van der Waals surface area contributed by atoms with Gasteiger partial charge in [0, 0.05) is 11.8 Å². The van der Waals surface area contributed by atoms with Gasteiger partial charge in [-0.15, -0.1) is 0 Å². The molecule has 0 fully saturated rings. The molecule has 1 aliphatic rings. The van der Waals surface area contributed by atoms with Gasteiger partial charge in [-0.2, -0.15) is 5.10 Å². The third-order valence-corrected chi connectivity index (χ3v) is 5.11. The minimum atomic E-state index is -3.79. The van der Waals surface area contributed by atoms with Crippen molar-refractivity contribution < 1.29 is 13.2 Å². The Morgan fingerprint density at radius 3 is 2.60 bits per heavy atom. The van der Waals surface area contributed by atoms with E-state index in [4.69, 9.17) is 5.14 Å². The quantitative estimate of drug-likeness (QED) is 0.823. The summed E-state index contributed by atoms with van der Waals surface area (Å²) in [4.78, 5) is 24.5. The standard InChI is InChI=1S/C16H18N4O4S/c1-10(20-15(21)9-11-3-2-4-14(11)19-20)16(22)18-12-5-7-13(8-6-12)25(17,23)24/h5-10H,2-4H2,1H3,(H,18,22)(H2,17,23,24). The maximum absolute atomic E-state index is 12.4. The van der Waals surface area contributed by atoms with E-state index >= 15 is 0 Å². The highest BCUT2D eigenvalue weighted by molar-refractivity contribution is 7.89. The van der Waals surface area contributed by atoms with Crippen LogP contribution in [0.3, 0.4) is 0 Å². The molecule has 8 nitrogen and oxygen atoms in total. The summed E-state index contributed by atoms with van der Waals surface area (Å²) in [5.74, 6) is -0.420. The van der Waals surface area contributed by atoms with Gasteiger partial charge in [-0.3, -0.25) is 9.59 Å². The molecule has 1 amide bonds. The van der Waals surface area contributed by atoms with Gasteiger partial charge in [0.15, 0.2) is 0 Å². The fourth-order valence-electron chi connectivity index (χ4n) is 2.78. The number of hydrogen-bond donors (Lipinski definition) is 2. The lowest BCUT2D eigenvalue weighted by atomic mass is 10.2. The molecule has 3 rings (SSSR count). The van der Waals surface area contributed by atoms with E-state index in [0.29, 0.717) is 5.69 Å². The van der Waals surface area contributed by atoms with Crippen LogP contribution < -0.4 is 16.0 Å². The molecular formula is C16H18N4O4S. The zero-order valence-corrected chi connectivity index (χ0v) is 14.4. The fraction of sp³-hybridized carbons (Fsp3) is 0.312. The first-order valence-corrected chi connectivity index (χ1v) is 9.35. The highest BCUT2D eigenvalue weighted by atomic mass is 32.2. The molecule has 0 aliphatic heterocycles. The van der Waals surface area contributed by atoms with Crippen LogP contribution >= 0.6 is 0 Å². The Morgan fingerprint density at radius 2 is 1.96 bits per heavy atom. The molecule has 25 heavy (non-hydrogen) atoms. The maximum Gasteiger partial charge on any atom is 0.267 e. The molecule has 1 atom stereocenters. The lowest BCUT2D eigenvalue weighted by Crippen LogP contribution is -2.34. The first-order chi connectivity index (χ1) is 11.8. The van der Waals surface area contributed by atoms with Crippen molar-refractivity contribution in [3.05, 3.63) is 51.9 Å². The van der Waals surface area contributed by atoms with Crippen molar-refractivity contribution >= 4 is 21.6 Å². The summed E-state index contributed by atoms with van der Waals surface area (Å²) >= 11 is 0. The monoisotopic (exact) mass is 362 g/mol. The SMILES string of the molecule is CC(C(=O)Nc1ccc(S(N)(=O)=O)cc1)n1nc2c(cc1=O)CCC2. The van der Waals surface area contributed by atoms with Gasteiger partial charge in [0.2, 0.25) is 15.9 Å². The molecule has 1 aromatic heterocycles. The van der Waals surface area contributed by atoms with Gasteiger partial charge in [0.25, 0.3) is 5.56 Å². The minimum Gasteiger partial charge on any atom is -0.324 e. The topological polar surface area (TPSA) is 124 Å². The summed E-state index contributed by atoms with van der Waals surface area (Å²) in [5, 5.41) is 12.0. The zero-order chi connectivity index (χ0) is 18.2. The molecule has 0 spiro atoms. The number of fused-ring (bicyclic) bond motifs is 1. The molecule has 0 saturated heterocycles. The van der Waals surface area contributed by atoms with Crippen molar-refractivity contribution in [2.24, 2.45) is 5.14 Å². The van der Waals surface area contributed by atoms with Gasteiger partial charge in [0.1, 0.15) is 6.04 Å². The number of sulfonamides is 1. The number of carbonyl (C=O) groups excluding carboxylic acids is 1. The van der Waals surface area contributed by atoms with Crippen molar-refractivity contribution in [1.29, 1.82) is 0 Å². The number of nitrogens with one attached hydrogen (secondary N) is 1. The van der Waals surface area contributed by atoms with E-state index in [1.165, 1.54) is 28.9 Å². The number of hydrogen-bond acceptors (Lipinski definition) is 5. The maximum atomic E-state index is 12.4. The Balaban J connectivity index is 1.78. The van der Waals surface area contributed by atoms with E-state index in [2.05, 4.69) is 10.4 Å². The molecule has 132 valence electrons. The minimum absolute atomic E-state index is 0.0462. The molecule has 0 radical (unpaired) electrons. The molecule has 1 aliphatic carbocycles. The lowest BCUT2D eigenvalue weighted by Gasteiger charge is -2.15. The Labute approximate surface area is 144 Å².